The molecule has 2 aromatic rings. The molecule has 0 saturated heterocycles. The highest BCUT2D eigenvalue weighted by Crippen LogP contribution is 2.32. The summed E-state index contributed by atoms with van der Waals surface area (Å²) in [7, 11) is 1.63. The van der Waals surface area contributed by atoms with Crippen LogP contribution in [0.5, 0.6) is 0 Å². The van der Waals surface area contributed by atoms with Crippen molar-refractivity contribution in [1.82, 2.24) is 10.3 Å². The largest absolute Gasteiger partial charge is 0.354 e. The smallest absolute Gasteiger partial charge is 0.267 e. The van der Waals surface area contributed by atoms with Gasteiger partial charge in [0, 0.05) is 24.4 Å². The van der Waals surface area contributed by atoms with Crippen molar-refractivity contribution in [3.8, 4) is 0 Å². The van der Waals surface area contributed by atoms with Crippen molar-refractivity contribution in [1.29, 1.82) is 0 Å². The highest BCUT2D eigenvalue weighted by Gasteiger charge is 2.21. The van der Waals surface area contributed by atoms with Gasteiger partial charge in [0.25, 0.3) is 5.91 Å². The van der Waals surface area contributed by atoms with Crippen LogP contribution in [-0.2, 0) is 4.79 Å². The number of carbonyl (C=O) groups excluding carboxylic acids is 2. The van der Waals surface area contributed by atoms with E-state index in [4.69, 9.17) is 0 Å². The van der Waals surface area contributed by atoms with Crippen LogP contribution in [-0.4, -0.2) is 23.7 Å². The van der Waals surface area contributed by atoms with Crippen molar-refractivity contribution in [2.75, 3.05) is 7.05 Å². The van der Waals surface area contributed by atoms with E-state index in [1.807, 2.05) is 19.1 Å². The maximum absolute atomic E-state index is 12.1. The van der Waals surface area contributed by atoms with Crippen molar-refractivity contribution in [3.63, 3.8) is 0 Å². The average molecular weight is 286 g/mol. The molecule has 112 valence electrons. The Labute approximate surface area is 124 Å². The lowest BCUT2D eigenvalue weighted by Gasteiger charge is -2.12. The minimum absolute atomic E-state index is 0.117. The zero-order valence-electron chi connectivity index (χ0n) is 13.0. The summed E-state index contributed by atoms with van der Waals surface area (Å²) in [6.07, 6.45) is 1.28. The van der Waals surface area contributed by atoms with E-state index in [1.165, 1.54) is 0 Å². The Morgan fingerprint density at radius 1 is 1.33 bits per heavy atom. The summed E-state index contributed by atoms with van der Waals surface area (Å²) in [5.41, 5.74) is 3.73. The van der Waals surface area contributed by atoms with E-state index in [9.17, 15) is 9.59 Å². The van der Waals surface area contributed by atoms with Crippen LogP contribution in [0.2, 0.25) is 0 Å². The number of carbonyl (C=O) groups is 2. The van der Waals surface area contributed by atoms with Crippen molar-refractivity contribution in [2.45, 2.75) is 39.5 Å². The van der Waals surface area contributed by atoms with Crippen LogP contribution >= 0.6 is 0 Å². The molecule has 0 spiro atoms. The number of fused-ring (bicyclic) bond motifs is 1. The summed E-state index contributed by atoms with van der Waals surface area (Å²) >= 11 is 0. The molecule has 0 bridgehead atoms. The summed E-state index contributed by atoms with van der Waals surface area (Å²) in [5.74, 6) is 0.213. The molecule has 1 unspecified atom stereocenters. The summed E-state index contributed by atoms with van der Waals surface area (Å²) in [6.45, 7) is 5.71. The van der Waals surface area contributed by atoms with Crippen molar-refractivity contribution >= 4 is 22.6 Å². The fraction of sp³-hybridized carbons (Fsp3) is 0.412. The topological polar surface area (TPSA) is 62.0 Å². The van der Waals surface area contributed by atoms with Crippen molar-refractivity contribution in [3.05, 3.63) is 35.0 Å². The molecule has 0 fully saturated rings. The summed E-state index contributed by atoms with van der Waals surface area (Å²) in [6, 6.07) is 6.12. The van der Waals surface area contributed by atoms with Crippen molar-refractivity contribution in [2.24, 2.45) is 0 Å². The SMILES string of the molecule is CNC(=O)c1[nH]c2ccc(C)cc2c1C(C)CCC(C)=O. The van der Waals surface area contributed by atoms with Crippen LogP contribution in [0.15, 0.2) is 18.2 Å². The lowest BCUT2D eigenvalue weighted by molar-refractivity contribution is -0.117. The Balaban J connectivity index is 2.53. The number of hydrogen-bond acceptors (Lipinski definition) is 2. The normalized spacial score (nSPS) is 12.4. The molecule has 0 radical (unpaired) electrons. The fourth-order valence-corrected chi connectivity index (χ4v) is 2.71. The Kier molecular flexibility index (Phi) is 4.46. The summed E-state index contributed by atoms with van der Waals surface area (Å²) in [4.78, 5) is 26.6. The molecule has 0 aliphatic carbocycles. The maximum Gasteiger partial charge on any atom is 0.267 e. The molecule has 4 nitrogen and oxygen atoms in total. The first-order valence-electron chi connectivity index (χ1n) is 7.27. The molecule has 1 aromatic carbocycles. The molecule has 1 amide bonds. The molecular weight excluding hydrogens is 264 g/mol. The molecule has 21 heavy (non-hydrogen) atoms. The van der Waals surface area contributed by atoms with E-state index in [0.717, 1.165) is 28.5 Å². The van der Waals surface area contributed by atoms with Crippen LogP contribution in [0, 0.1) is 6.92 Å². The number of amides is 1. The first-order valence-corrected chi connectivity index (χ1v) is 7.27. The van der Waals surface area contributed by atoms with Gasteiger partial charge in [-0.2, -0.15) is 0 Å². The number of benzene rings is 1. The molecule has 4 heteroatoms. The summed E-state index contributed by atoms with van der Waals surface area (Å²) < 4.78 is 0. The monoisotopic (exact) mass is 286 g/mol. The standard InChI is InChI=1S/C17H22N2O2/c1-10-5-8-14-13(9-10)15(11(2)6-7-12(3)20)16(19-14)17(21)18-4/h5,8-9,11,19H,6-7H2,1-4H3,(H,18,21). The average Bonchev–Trinajstić information content (AvgIpc) is 2.82. The zero-order chi connectivity index (χ0) is 15.6. The zero-order valence-corrected chi connectivity index (χ0v) is 13.0. The number of aromatic nitrogens is 1. The molecule has 0 saturated carbocycles. The second-order valence-electron chi connectivity index (χ2n) is 5.68. The fourth-order valence-electron chi connectivity index (χ4n) is 2.71. The van der Waals surface area contributed by atoms with E-state index in [-0.39, 0.29) is 17.6 Å². The van der Waals surface area contributed by atoms with Gasteiger partial charge in [-0.1, -0.05) is 18.6 Å². The third-order valence-electron chi connectivity index (χ3n) is 3.87. The van der Waals surface area contributed by atoms with Gasteiger partial charge in [-0.3, -0.25) is 4.79 Å². The molecule has 2 rings (SSSR count). The predicted molar refractivity (Wildman–Crippen MR) is 84.8 cm³/mol. The third-order valence-corrected chi connectivity index (χ3v) is 3.87. The Bertz CT molecular complexity index is 685. The molecule has 0 aliphatic rings. The molecule has 2 N–H and O–H groups in total. The molecule has 1 aromatic heterocycles. The molecule has 0 aliphatic heterocycles. The minimum atomic E-state index is -0.117. The molecule has 1 heterocycles. The number of aromatic amines is 1. The number of Topliss-reactive ketones (excluding diaryl/α,β-unsaturated/α-hetero) is 1. The number of ketones is 1. The van der Waals surface area contributed by atoms with Gasteiger partial charge in [-0.15, -0.1) is 0 Å². The second-order valence-corrected chi connectivity index (χ2v) is 5.68. The lowest BCUT2D eigenvalue weighted by Crippen LogP contribution is -2.20. The van der Waals surface area contributed by atoms with Gasteiger partial charge in [-0.25, -0.2) is 0 Å². The highest BCUT2D eigenvalue weighted by atomic mass is 16.1. The lowest BCUT2D eigenvalue weighted by atomic mass is 9.92. The maximum atomic E-state index is 12.1. The molecular formula is C17H22N2O2. The molecule has 1 atom stereocenters. The van der Waals surface area contributed by atoms with Crippen LogP contribution in [0.1, 0.15) is 54.2 Å². The van der Waals surface area contributed by atoms with E-state index in [0.29, 0.717) is 12.1 Å². The number of hydrogen-bond donors (Lipinski definition) is 2. The summed E-state index contributed by atoms with van der Waals surface area (Å²) in [5, 5.41) is 3.75. The first kappa shape index (κ1) is 15.3. The third kappa shape index (κ3) is 3.15. The quantitative estimate of drug-likeness (QED) is 0.885. The van der Waals surface area contributed by atoms with Gasteiger partial charge in [0.2, 0.25) is 0 Å². The van der Waals surface area contributed by atoms with Gasteiger partial charge < -0.3 is 15.1 Å². The van der Waals surface area contributed by atoms with E-state index < -0.39 is 0 Å². The van der Waals surface area contributed by atoms with Crippen LogP contribution in [0.4, 0.5) is 0 Å². The number of H-pyrrole nitrogens is 1. The Morgan fingerprint density at radius 3 is 2.67 bits per heavy atom. The van der Waals surface area contributed by atoms with Crippen molar-refractivity contribution < 1.29 is 9.59 Å². The van der Waals surface area contributed by atoms with E-state index in [2.05, 4.69) is 23.3 Å². The minimum Gasteiger partial charge on any atom is -0.354 e. The number of aryl methyl sites for hydroxylation is 1. The van der Waals surface area contributed by atoms with Gasteiger partial charge >= 0.3 is 0 Å². The van der Waals surface area contributed by atoms with Gasteiger partial charge in [0.05, 0.1) is 0 Å². The van der Waals surface area contributed by atoms with Gasteiger partial charge in [-0.05, 0) is 43.9 Å². The van der Waals surface area contributed by atoms with E-state index in [1.54, 1.807) is 14.0 Å². The van der Waals surface area contributed by atoms with Gasteiger partial charge in [0.1, 0.15) is 11.5 Å². The number of nitrogens with one attached hydrogen (secondary N) is 2. The second kappa shape index (κ2) is 6.12. The highest BCUT2D eigenvalue weighted by molar-refractivity contribution is 6.01. The predicted octanol–water partition coefficient (Wildman–Crippen LogP) is 3.31. The Hall–Kier alpha value is -2.10. The Morgan fingerprint density at radius 2 is 2.05 bits per heavy atom. The van der Waals surface area contributed by atoms with Crippen LogP contribution < -0.4 is 5.32 Å². The number of rotatable bonds is 5. The van der Waals surface area contributed by atoms with Crippen LogP contribution in [0.25, 0.3) is 10.9 Å². The van der Waals surface area contributed by atoms with Crippen LogP contribution in [0.3, 0.4) is 0 Å². The first-order chi connectivity index (χ1) is 9.93. The van der Waals surface area contributed by atoms with E-state index >= 15 is 0 Å². The van der Waals surface area contributed by atoms with Gasteiger partial charge in [0.15, 0.2) is 0 Å².